The quantitative estimate of drug-likeness (QED) is 0.214. The zero-order valence-corrected chi connectivity index (χ0v) is 11.5. The van der Waals surface area contributed by atoms with Gasteiger partial charge in [-0.05, 0) is 0 Å². The van der Waals surface area contributed by atoms with Crippen molar-refractivity contribution in [1.29, 1.82) is 0 Å². The van der Waals surface area contributed by atoms with E-state index in [4.69, 9.17) is 15.6 Å². The van der Waals surface area contributed by atoms with E-state index in [1.165, 1.54) is 0 Å². The number of hydrogen-bond donors (Lipinski definition) is 6. The Morgan fingerprint density at radius 1 is 1.50 bits per heavy atom. The molecule has 1 aliphatic heterocycles. The Labute approximate surface area is 125 Å². The summed E-state index contributed by atoms with van der Waals surface area (Å²) in [4.78, 5) is 22.7. The second kappa shape index (κ2) is 7.13. The Hall–Kier alpha value is -1.56. The van der Waals surface area contributed by atoms with Gasteiger partial charge in [-0.25, -0.2) is 9.59 Å². The molecule has 0 radical (unpaired) electrons. The minimum atomic E-state index is -2.60. The molecular formula is C12H19NO9. The van der Waals surface area contributed by atoms with Crippen molar-refractivity contribution >= 4 is 11.9 Å². The maximum Gasteiger partial charge on any atom is 0.377 e. The molecule has 1 aliphatic rings. The second-order valence-electron chi connectivity index (χ2n) is 4.86. The fourth-order valence-electron chi connectivity index (χ4n) is 2.05. The van der Waals surface area contributed by atoms with Crippen LogP contribution in [0.3, 0.4) is 0 Å². The first-order chi connectivity index (χ1) is 10.2. The number of hydrogen-bond acceptors (Lipinski definition) is 9. The molecule has 0 amide bonds. The molecule has 22 heavy (non-hydrogen) atoms. The van der Waals surface area contributed by atoms with Crippen LogP contribution in [0.25, 0.3) is 0 Å². The van der Waals surface area contributed by atoms with E-state index in [0.717, 1.165) is 0 Å². The number of carbonyl (C=O) groups is 2. The van der Waals surface area contributed by atoms with Gasteiger partial charge in [-0.1, -0.05) is 6.58 Å². The molecule has 1 saturated heterocycles. The Bertz CT molecular complexity index is 442. The summed E-state index contributed by atoms with van der Waals surface area (Å²) in [6, 6.07) is -1.27. The first-order valence-corrected chi connectivity index (χ1v) is 6.35. The van der Waals surface area contributed by atoms with Gasteiger partial charge < -0.3 is 40.7 Å². The average molecular weight is 321 g/mol. The van der Waals surface area contributed by atoms with Gasteiger partial charge in [0.25, 0.3) is 0 Å². The third kappa shape index (κ3) is 3.61. The number of carboxylic acids is 1. The number of ether oxygens (including phenoxy) is 2. The van der Waals surface area contributed by atoms with Crippen LogP contribution in [0.4, 0.5) is 0 Å². The lowest BCUT2D eigenvalue weighted by Gasteiger charge is -2.44. The summed E-state index contributed by atoms with van der Waals surface area (Å²) in [6.45, 7) is 2.26. The Morgan fingerprint density at radius 2 is 2.09 bits per heavy atom. The number of aliphatic carboxylic acids is 1. The fraction of sp³-hybridized carbons (Fsp3) is 0.667. The average Bonchev–Trinajstić information content (AvgIpc) is 2.48. The first-order valence-electron chi connectivity index (χ1n) is 6.35. The van der Waals surface area contributed by atoms with Gasteiger partial charge in [-0.3, -0.25) is 0 Å². The van der Waals surface area contributed by atoms with Crippen LogP contribution in [0.1, 0.15) is 6.42 Å². The standard InChI is InChI=1S/C12H19NO9/c1-2-7(17)21-12(11(19)20)3-5(15)8(13)10(22-12)9(18)6(16)4-14/h2,5-6,8-10,14-16,18H,1,3-4,13H2,(H,19,20)/t5-,6+,8+,9+,10+,12-/m0/s1. The molecule has 6 atom stereocenters. The monoisotopic (exact) mass is 321 g/mol. The van der Waals surface area contributed by atoms with Crippen molar-refractivity contribution in [2.75, 3.05) is 6.61 Å². The van der Waals surface area contributed by atoms with Crippen LogP contribution in [-0.4, -0.2) is 80.3 Å². The molecule has 1 heterocycles. The lowest BCUT2D eigenvalue weighted by Crippen LogP contribution is -2.66. The topological polar surface area (TPSA) is 180 Å². The minimum Gasteiger partial charge on any atom is -0.476 e. The molecule has 0 bridgehead atoms. The molecule has 0 saturated carbocycles. The smallest absolute Gasteiger partial charge is 0.377 e. The predicted octanol–water partition coefficient (Wildman–Crippen LogP) is -3.31. The zero-order chi connectivity index (χ0) is 17.1. The Balaban J connectivity index is 3.12. The van der Waals surface area contributed by atoms with E-state index in [-0.39, 0.29) is 0 Å². The maximum atomic E-state index is 11.4. The highest BCUT2D eigenvalue weighted by Crippen LogP contribution is 2.32. The van der Waals surface area contributed by atoms with Gasteiger partial charge in [-0.2, -0.15) is 0 Å². The van der Waals surface area contributed by atoms with E-state index in [1.807, 2.05) is 0 Å². The molecule has 10 heteroatoms. The molecular weight excluding hydrogens is 302 g/mol. The third-order valence-electron chi connectivity index (χ3n) is 3.30. The van der Waals surface area contributed by atoms with Crippen LogP contribution in [0.5, 0.6) is 0 Å². The van der Waals surface area contributed by atoms with Crippen molar-refractivity contribution in [3.8, 4) is 0 Å². The summed E-state index contributed by atoms with van der Waals surface area (Å²) in [7, 11) is 0. The number of carbonyl (C=O) groups excluding carboxylic acids is 1. The van der Waals surface area contributed by atoms with Crippen LogP contribution >= 0.6 is 0 Å². The van der Waals surface area contributed by atoms with Gasteiger partial charge >= 0.3 is 17.7 Å². The minimum absolute atomic E-state index is 0.679. The third-order valence-corrected chi connectivity index (χ3v) is 3.30. The van der Waals surface area contributed by atoms with E-state index >= 15 is 0 Å². The predicted molar refractivity (Wildman–Crippen MR) is 69.2 cm³/mol. The largest absolute Gasteiger partial charge is 0.476 e. The number of esters is 1. The van der Waals surface area contributed by atoms with E-state index in [9.17, 15) is 30.0 Å². The number of nitrogens with two attached hydrogens (primary N) is 1. The highest BCUT2D eigenvalue weighted by molar-refractivity contribution is 5.86. The zero-order valence-electron chi connectivity index (χ0n) is 11.5. The summed E-state index contributed by atoms with van der Waals surface area (Å²) in [5.41, 5.74) is 5.62. The van der Waals surface area contributed by atoms with E-state index in [1.54, 1.807) is 0 Å². The van der Waals surface area contributed by atoms with Gasteiger partial charge in [0.2, 0.25) is 0 Å². The second-order valence-corrected chi connectivity index (χ2v) is 4.86. The van der Waals surface area contributed by atoms with Crippen molar-refractivity contribution < 1.29 is 44.6 Å². The van der Waals surface area contributed by atoms with E-state index in [0.29, 0.717) is 6.08 Å². The molecule has 0 aromatic carbocycles. The highest BCUT2D eigenvalue weighted by Gasteiger charge is 2.56. The van der Waals surface area contributed by atoms with Crippen molar-refractivity contribution in [3.05, 3.63) is 12.7 Å². The van der Waals surface area contributed by atoms with Crippen molar-refractivity contribution in [3.63, 3.8) is 0 Å². The van der Waals surface area contributed by atoms with E-state index < -0.39 is 61.2 Å². The number of aliphatic hydroxyl groups excluding tert-OH is 4. The molecule has 7 N–H and O–H groups in total. The number of carboxylic acid groups (broad SMARTS) is 1. The molecule has 0 aromatic heterocycles. The first kappa shape index (κ1) is 18.5. The van der Waals surface area contributed by atoms with Crippen LogP contribution in [0, 0.1) is 0 Å². The van der Waals surface area contributed by atoms with Crippen LogP contribution < -0.4 is 5.73 Å². The van der Waals surface area contributed by atoms with Gasteiger partial charge in [0, 0.05) is 6.08 Å². The van der Waals surface area contributed by atoms with Crippen molar-refractivity contribution in [2.24, 2.45) is 5.73 Å². The molecule has 0 aromatic rings. The highest BCUT2D eigenvalue weighted by atomic mass is 16.7. The van der Waals surface area contributed by atoms with Crippen molar-refractivity contribution in [1.82, 2.24) is 0 Å². The summed E-state index contributed by atoms with van der Waals surface area (Å²) in [6.07, 6.45) is -6.59. The molecule has 0 spiro atoms. The van der Waals surface area contributed by atoms with Gasteiger partial charge in [0.1, 0.15) is 18.3 Å². The molecule has 1 fully saturated rings. The fourth-order valence-corrected chi connectivity index (χ4v) is 2.05. The van der Waals surface area contributed by atoms with Gasteiger partial charge in [-0.15, -0.1) is 0 Å². The Morgan fingerprint density at radius 3 is 2.55 bits per heavy atom. The number of aliphatic hydroxyl groups is 4. The molecule has 0 aliphatic carbocycles. The molecule has 126 valence electrons. The molecule has 0 unspecified atom stereocenters. The van der Waals surface area contributed by atoms with Crippen LogP contribution in [0.2, 0.25) is 0 Å². The summed E-state index contributed by atoms with van der Waals surface area (Å²) < 4.78 is 9.73. The lowest BCUT2D eigenvalue weighted by molar-refractivity contribution is -0.297. The molecule has 10 nitrogen and oxygen atoms in total. The normalized spacial score (nSPS) is 34.5. The summed E-state index contributed by atoms with van der Waals surface area (Å²) >= 11 is 0. The summed E-state index contributed by atoms with van der Waals surface area (Å²) in [5.74, 6) is -5.45. The number of rotatable bonds is 6. The van der Waals surface area contributed by atoms with Gasteiger partial charge in [0.15, 0.2) is 0 Å². The SMILES string of the molecule is C=CC(=O)O[C@@]1(C(=O)O)C[C@H](O)[C@@H](N)[C@H]([C@H](O)[C@H](O)CO)O1. The maximum absolute atomic E-state index is 11.4. The van der Waals surface area contributed by atoms with E-state index in [2.05, 4.69) is 11.3 Å². The summed E-state index contributed by atoms with van der Waals surface area (Å²) in [5, 5.41) is 47.2. The van der Waals surface area contributed by atoms with Crippen LogP contribution in [-0.2, 0) is 19.1 Å². The Kier molecular flexibility index (Phi) is 6.00. The lowest BCUT2D eigenvalue weighted by atomic mass is 9.89. The molecule has 1 rings (SSSR count). The van der Waals surface area contributed by atoms with Crippen LogP contribution in [0.15, 0.2) is 12.7 Å². The van der Waals surface area contributed by atoms with Crippen molar-refractivity contribution in [2.45, 2.75) is 42.7 Å². The van der Waals surface area contributed by atoms with Gasteiger partial charge in [0.05, 0.1) is 25.2 Å².